The van der Waals surface area contributed by atoms with E-state index in [-0.39, 0.29) is 16.9 Å². The van der Waals surface area contributed by atoms with E-state index in [2.05, 4.69) is 38.2 Å². The first-order valence-electron chi connectivity index (χ1n) is 7.29. The molecule has 0 aliphatic rings. The fourth-order valence-corrected chi connectivity index (χ4v) is 2.69. The molecule has 0 saturated heterocycles. The van der Waals surface area contributed by atoms with E-state index in [4.69, 9.17) is 11.6 Å². The Bertz CT molecular complexity index is 573. The fourth-order valence-electron chi connectivity index (χ4n) is 2.51. The summed E-state index contributed by atoms with van der Waals surface area (Å²) in [4.78, 5) is 0. The molecule has 1 nitrogen and oxygen atoms in total. The van der Waals surface area contributed by atoms with Gasteiger partial charge in [0, 0.05) is 5.56 Å². The summed E-state index contributed by atoms with van der Waals surface area (Å²) in [5.41, 5.74) is 4.10. The largest absolute Gasteiger partial charge is 0.306 e. The standard InChI is InChI=1S/C18H21ClFN/c1-4-11-21-18(14-8-5-7-12(2)13(14)3)15-9-6-10-16(19)17(15)20/h5-10,18,21H,4,11H2,1-3H3. The molecule has 3 heteroatoms. The Balaban J connectivity index is 2.52. The van der Waals surface area contributed by atoms with Crippen molar-refractivity contribution in [2.45, 2.75) is 33.2 Å². The van der Waals surface area contributed by atoms with Gasteiger partial charge >= 0.3 is 0 Å². The number of benzene rings is 2. The zero-order chi connectivity index (χ0) is 15.4. The molecular weight excluding hydrogens is 285 g/mol. The van der Waals surface area contributed by atoms with Crippen LogP contribution < -0.4 is 5.32 Å². The molecule has 1 atom stereocenters. The Morgan fingerprint density at radius 2 is 1.76 bits per heavy atom. The topological polar surface area (TPSA) is 12.0 Å². The Hall–Kier alpha value is -1.38. The minimum Gasteiger partial charge on any atom is -0.306 e. The maximum Gasteiger partial charge on any atom is 0.146 e. The molecule has 1 N–H and O–H groups in total. The predicted octanol–water partition coefficient (Wildman–Crippen LogP) is 5.18. The van der Waals surface area contributed by atoms with E-state index in [1.165, 1.54) is 11.1 Å². The first kappa shape index (κ1) is 16.0. The molecule has 0 aromatic heterocycles. The lowest BCUT2D eigenvalue weighted by atomic mass is 9.92. The second-order valence-electron chi connectivity index (χ2n) is 5.32. The third kappa shape index (κ3) is 3.45. The Kier molecular flexibility index (Phi) is 5.38. The van der Waals surface area contributed by atoms with Crippen LogP contribution in [0.1, 0.15) is 41.6 Å². The van der Waals surface area contributed by atoms with Gasteiger partial charge in [0.1, 0.15) is 5.82 Å². The van der Waals surface area contributed by atoms with E-state index in [0.717, 1.165) is 18.5 Å². The summed E-state index contributed by atoms with van der Waals surface area (Å²) >= 11 is 5.95. The van der Waals surface area contributed by atoms with Crippen molar-refractivity contribution in [1.29, 1.82) is 0 Å². The third-order valence-electron chi connectivity index (χ3n) is 3.85. The van der Waals surface area contributed by atoms with Gasteiger partial charge in [-0.05, 0) is 49.6 Å². The molecule has 0 aliphatic carbocycles. The highest BCUT2D eigenvalue weighted by Gasteiger charge is 2.20. The SMILES string of the molecule is CCCNC(c1cccc(C)c1C)c1cccc(Cl)c1F. The van der Waals surface area contributed by atoms with Gasteiger partial charge in [0.25, 0.3) is 0 Å². The summed E-state index contributed by atoms with van der Waals surface area (Å²) in [5, 5.41) is 3.61. The first-order valence-corrected chi connectivity index (χ1v) is 7.67. The lowest BCUT2D eigenvalue weighted by molar-refractivity contribution is 0.545. The summed E-state index contributed by atoms with van der Waals surface area (Å²) in [6.07, 6.45) is 0.990. The molecule has 112 valence electrons. The van der Waals surface area contributed by atoms with E-state index >= 15 is 0 Å². The first-order chi connectivity index (χ1) is 10.1. The lowest BCUT2D eigenvalue weighted by Gasteiger charge is -2.23. The number of halogens is 2. The highest BCUT2D eigenvalue weighted by molar-refractivity contribution is 6.30. The van der Waals surface area contributed by atoms with Gasteiger partial charge in [-0.25, -0.2) is 4.39 Å². The average Bonchev–Trinajstić information content (AvgIpc) is 2.47. The highest BCUT2D eigenvalue weighted by atomic mass is 35.5. The number of nitrogens with one attached hydrogen (secondary N) is 1. The monoisotopic (exact) mass is 305 g/mol. The van der Waals surface area contributed by atoms with Crippen molar-refractivity contribution in [3.8, 4) is 0 Å². The molecule has 0 aliphatic heterocycles. The fraction of sp³-hybridized carbons (Fsp3) is 0.333. The minimum absolute atomic E-state index is 0.168. The Labute approximate surface area is 131 Å². The summed E-state index contributed by atoms with van der Waals surface area (Å²) in [6.45, 7) is 7.07. The van der Waals surface area contributed by atoms with Crippen molar-refractivity contribution in [1.82, 2.24) is 5.32 Å². The van der Waals surface area contributed by atoms with Crippen LogP contribution in [-0.2, 0) is 0 Å². The Morgan fingerprint density at radius 3 is 2.48 bits per heavy atom. The van der Waals surface area contributed by atoms with E-state index < -0.39 is 0 Å². The van der Waals surface area contributed by atoms with Gasteiger partial charge in [-0.1, -0.05) is 48.9 Å². The van der Waals surface area contributed by atoms with Crippen molar-refractivity contribution in [3.05, 3.63) is 69.5 Å². The van der Waals surface area contributed by atoms with Crippen LogP contribution >= 0.6 is 11.6 Å². The van der Waals surface area contributed by atoms with Crippen molar-refractivity contribution < 1.29 is 4.39 Å². The summed E-state index contributed by atoms with van der Waals surface area (Å²) < 4.78 is 14.4. The number of hydrogen-bond donors (Lipinski definition) is 1. The molecule has 1 unspecified atom stereocenters. The van der Waals surface area contributed by atoms with E-state index in [1.54, 1.807) is 18.2 Å². The summed E-state index contributed by atoms with van der Waals surface area (Å²) in [6, 6.07) is 11.1. The van der Waals surface area contributed by atoms with Crippen molar-refractivity contribution in [3.63, 3.8) is 0 Å². The normalized spacial score (nSPS) is 12.4. The third-order valence-corrected chi connectivity index (χ3v) is 4.14. The molecule has 0 fully saturated rings. The maximum absolute atomic E-state index is 14.4. The van der Waals surface area contributed by atoms with Crippen LogP contribution in [0.4, 0.5) is 4.39 Å². The highest BCUT2D eigenvalue weighted by Crippen LogP contribution is 2.30. The van der Waals surface area contributed by atoms with Crippen LogP contribution in [0.15, 0.2) is 36.4 Å². The lowest BCUT2D eigenvalue weighted by Crippen LogP contribution is -2.25. The smallest absolute Gasteiger partial charge is 0.146 e. The van der Waals surface area contributed by atoms with Crippen molar-refractivity contribution >= 4 is 11.6 Å². The minimum atomic E-state index is -0.339. The van der Waals surface area contributed by atoms with Crippen molar-refractivity contribution in [2.24, 2.45) is 0 Å². The van der Waals surface area contributed by atoms with Gasteiger partial charge in [0.2, 0.25) is 0 Å². The van der Waals surface area contributed by atoms with Crippen LogP contribution in [0.2, 0.25) is 5.02 Å². The molecule has 0 amide bonds. The molecule has 0 saturated carbocycles. The molecular formula is C18H21ClFN. The van der Waals surface area contributed by atoms with E-state index in [0.29, 0.717) is 5.56 Å². The second-order valence-corrected chi connectivity index (χ2v) is 5.73. The van der Waals surface area contributed by atoms with Gasteiger partial charge in [-0.2, -0.15) is 0 Å². The van der Waals surface area contributed by atoms with Gasteiger partial charge in [-0.3, -0.25) is 0 Å². The van der Waals surface area contributed by atoms with Crippen LogP contribution in [0.3, 0.4) is 0 Å². The average molecular weight is 306 g/mol. The molecule has 2 rings (SSSR count). The Morgan fingerprint density at radius 1 is 1.10 bits per heavy atom. The van der Waals surface area contributed by atoms with E-state index in [9.17, 15) is 4.39 Å². The molecule has 0 bridgehead atoms. The zero-order valence-electron chi connectivity index (χ0n) is 12.7. The van der Waals surface area contributed by atoms with Crippen LogP contribution in [0.25, 0.3) is 0 Å². The van der Waals surface area contributed by atoms with Gasteiger partial charge < -0.3 is 5.32 Å². The predicted molar refractivity (Wildman–Crippen MR) is 87.5 cm³/mol. The number of aryl methyl sites for hydroxylation is 1. The van der Waals surface area contributed by atoms with E-state index in [1.807, 2.05) is 6.07 Å². The summed E-state index contributed by atoms with van der Waals surface area (Å²) in [5.74, 6) is -0.339. The van der Waals surface area contributed by atoms with Crippen molar-refractivity contribution in [2.75, 3.05) is 6.54 Å². The number of rotatable bonds is 5. The molecule has 2 aromatic rings. The van der Waals surface area contributed by atoms with Gasteiger partial charge in [-0.15, -0.1) is 0 Å². The zero-order valence-corrected chi connectivity index (χ0v) is 13.5. The molecule has 0 heterocycles. The molecule has 0 radical (unpaired) electrons. The van der Waals surface area contributed by atoms with Crippen LogP contribution in [0.5, 0.6) is 0 Å². The van der Waals surface area contributed by atoms with Crippen LogP contribution in [-0.4, -0.2) is 6.54 Å². The molecule has 2 aromatic carbocycles. The molecule has 21 heavy (non-hydrogen) atoms. The van der Waals surface area contributed by atoms with Crippen LogP contribution in [0, 0.1) is 19.7 Å². The van der Waals surface area contributed by atoms with Gasteiger partial charge in [0.15, 0.2) is 0 Å². The van der Waals surface area contributed by atoms with Gasteiger partial charge in [0.05, 0.1) is 11.1 Å². The quantitative estimate of drug-likeness (QED) is 0.802. The number of hydrogen-bond acceptors (Lipinski definition) is 1. The molecule has 0 spiro atoms. The maximum atomic E-state index is 14.4. The summed E-state index contributed by atoms with van der Waals surface area (Å²) in [7, 11) is 0. The second kappa shape index (κ2) is 7.06.